The quantitative estimate of drug-likeness (QED) is 0.668. The first-order valence-electron chi connectivity index (χ1n) is 5.29. The van der Waals surface area contributed by atoms with Gasteiger partial charge >= 0.3 is 0 Å². The summed E-state index contributed by atoms with van der Waals surface area (Å²) in [7, 11) is 6.20. The maximum atomic E-state index is 13.6. The van der Waals surface area contributed by atoms with Gasteiger partial charge < -0.3 is 9.80 Å². The fourth-order valence-corrected chi connectivity index (χ4v) is 1.95. The molecule has 0 aliphatic heterocycles. The summed E-state index contributed by atoms with van der Waals surface area (Å²) in [5.74, 6) is 0. The van der Waals surface area contributed by atoms with Crippen molar-refractivity contribution in [3.63, 3.8) is 0 Å². The SMILES string of the molecule is CN(C)CCN(C)C[C@@]1(C)CC1(C)F. The number of likely N-dealkylation sites (N-methyl/N-ethyl adjacent to an activating group) is 2. The summed E-state index contributed by atoms with van der Waals surface area (Å²) < 4.78 is 13.6. The van der Waals surface area contributed by atoms with E-state index in [0.717, 1.165) is 19.6 Å². The Bertz CT molecular complexity index is 203. The molecule has 0 bridgehead atoms. The van der Waals surface area contributed by atoms with E-state index in [1.807, 2.05) is 6.92 Å². The second kappa shape index (κ2) is 3.78. The Kier molecular flexibility index (Phi) is 3.22. The third-order valence-corrected chi connectivity index (χ3v) is 3.40. The van der Waals surface area contributed by atoms with Crippen LogP contribution in [0.2, 0.25) is 0 Å². The first-order chi connectivity index (χ1) is 6.27. The molecule has 1 aliphatic carbocycles. The molecule has 1 aliphatic rings. The van der Waals surface area contributed by atoms with Gasteiger partial charge in [-0.25, -0.2) is 4.39 Å². The third-order valence-electron chi connectivity index (χ3n) is 3.40. The number of halogens is 1. The van der Waals surface area contributed by atoms with Crippen molar-refractivity contribution in [2.45, 2.75) is 25.9 Å². The molecule has 0 saturated heterocycles. The van der Waals surface area contributed by atoms with Crippen LogP contribution in [-0.2, 0) is 0 Å². The van der Waals surface area contributed by atoms with Crippen molar-refractivity contribution in [1.82, 2.24) is 9.80 Å². The van der Waals surface area contributed by atoms with Crippen molar-refractivity contribution in [2.24, 2.45) is 5.41 Å². The molecule has 0 aromatic rings. The van der Waals surface area contributed by atoms with E-state index in [0.29, 0.717) is 6.42 Å². The van der Waals surface area contributed by atoms with Crippen LogP contribution >= 0.6 is 0 Å². The van der Waals surface area contributed by atoms with Crippen molar-refractivity contribution < 1.29 is 4.39 Å². The maximum absolute atomic E-state index is 13.6. The van der Waals surface area contributed by atoms with Crippen LogP contribution in [0.3, 0.4) is 0 Å². The van der Waals surface area contributed by atoms with E-state index in [4.69, 9.17) is 0 Å². The fraction of sp³-hybridized carbons (Fsp3) is 1.00. The summed E-state index contributed by atoms with van der Waals surface area (Å²) in [6, 6.07) is 0. The van der Waals surface area contributed by atoms with Gasteiger partial charge in [-0.05, 0) is 34.5 Å². The minimum atomic E-state index is -0.931. The monoisotopic (exact) mass is 202 g/mol. The summed E-state index contributed by atoms with van der Waals surface area (Å²) >= 11 is 0. The van der Waals surface area contributed by atoms with Crippen molar-refractivity contribution in [2.75, 3.05) is 40.8 Å². The summed E-state index contributed by atoms with van der Waals surface area (Å²) in [4.78, 5) is 4.38. The molecule has 1 unspecified atom stereocenters. The van der Waals surface area contributed by atoms with Crippen molar-refractivity contribution in [1.29, 1.82) is 0 Å². The standard InChI is InChI=1S/C11H23FN2/c1-10(8-11(10,2)12)9-14(5)7-6-13(3)4/h6-9H2,1-5H3/t10-,11?/m1/s1. The van der Waals surface area contributed by atoms with Crippen molar-refractivity contribution >= 4 is 0 Å². The van der Waals surface area contributed by atoms with Gasteiger partial charge in [-0.15, -0.1) is 0 Å². The second-order valence-electron chi connectivity index (χ2n) is 5.48. The Balaban J connectivity index is 2.25. The molecular weight excluding hydrogens is 179 g/mol. The van der Waals surface area contributed by atoms with Crippen LogP contribution in [-0.4, -0.2) is 56.2 Å². The molecule has 3 heteroatoms. The molecule has 14 heavy (non-hydrogen) atoms. The summed E-state index contributed by atoms with van der Waals surface area (Å²) in [6.45, 7) is 6.67. The molecule has 0 heterocycles. The predicted molar refractivity (Wildman–Crippen MR) is 58.3 cm³/mol. The zero-order valence-electron chi connectivity index (χ0n) is 10.1. The summed E-state index contributed by atoms with van der Waals surface area (Å²) in [5, 5.41) is 0. The van der Waals surface area contributed by atoms with Gasteiger partial charge in [0.15, 0.2) is 0 Å². The molecule has 0 aromatic carbocycles. The average molecular weight is 202 g/mol. The highest BCUT2D eigenvalue weighted by Gasteiger charge is 2.62. The molecule has 0 amide bonds. The summed E-state index contributed by atoms with van der Waals surface area (Å²) in [5.41, 5.74) is -1.03. The van der Waals surface area contributed by atoms with E-state index in [2.05, 4.69) is 30.9 Å². The van der Waals surface area contributed by atoms with Crippen LogP contribution in [0.15, 0.2) is 0 Å². The van der Waals surface area contributed by atoms with Gasteiger partial charge in [-0.1, -0.05) is 6.92 Å². The Hall–Kier alpha value is -0.150. The predicted octanol–water partition coefficient (Wildman–Crippen LogP) is 1.62. The number of alkyl halides is 1. The van der Waals surface area contributed by atoms with Gasteiger partial charge in [0.25, 0.3) is 0 Å². The zero-order chi connectivity index (χ0) is 11.0. The Morgan fingerprint density at radius 2 is 1.64 bits per heavy atom. The van der Waals surface area contributed by atoms with Crippen LogP contribution in [0.4, 0.5) is 4.39 Å². The van der Waals surface area contributed by atoms with Gasteiger partial charge in [0.2, 0.25) is 0 Å². The molecule has 1 saturated carbocycles. The lowest BCUT2D eigenvalue weighted by Crippen LogP contribution is -2.34. The Morgan fingerprint density at radius 3 is 2.00 bits per heavy atom. The lowest BCUT2D eigenvalue weighted by molar-refractivity contribution is 0.188. The number of hydrogen-bond donors (Lipinski definition) is 0. The van der Waals surface area contributed by atoms with E-state index in [-0.39, 0.29) is 5.41 Å². The number of hydrogen-bond acceptors (Lipinski definition) is 2. The third kappa shape index (κ3) is 2.67. The van der Waals surface area contributed by atoms with Crippen LogP contribution in [0.5, 0.6) is 0 Å². The normalized spacial score (nSPS) is 36.9. The van der Waals surface area contributed by atoms with E-state index in [1.54, 1.807) is 6.92 Å². The topological polar surface area (TPSA) is 6.48 Å². The van der Waals surface area contributed by atoms with Gasteiger partial charge in [0, 0.05) is 25.0 Å². The first kappa shape index (κ1) is 11.9. The van der Waals surface area contributed by atoms with E-state index < -0.39 is 5.67 Å². The van der Waals surface area contributed by atoms with Crippen LogP contribution in [0, 0.1) is 5.41 Å². The molecule has 0 radical (unpaired) electrons. The molecule has 1 rings (SSSR count). The highest BCUT2D eigenvalue weighted by molar-refractivity contribution is 5.12. The van der Waals surface area contributed by atoms with E-state index >= 15 is 0 Å². The van der Waals surface area contributed by atoms with Gasteiger partial charge in [0.05, 0.1) is 0 Å². The smallest absolute Gasteiger partial charge is 0.115 e. The van der Waals surface area contributed by atoms with Crippen molar-refractivity contribution in [3.05, 3.63) is 0 Å². The van der Waals surface area contributed by atoms with Crippen molar-refractivity contribution in [3.8, 4) is 0 Å². The van der Waals surface area contributed by atoms with Crippen LogP contribution < -0.4 is 0 Å². The molecular formula is C11H23FN2. The molecule has 84 valence electrons. The number of rotatable bonds is 5. The molecule has 1 fully saturated rings. The molecule has 2 atom stereocenters. The van der Waals surface area contributed by atoms with Crippen LogP contribution in [0.25, 0.3) is 0 Å². The van der Waals surface area contributed by atoms with Gasteiger partial charge in [-0.2, -0.15) is 0 Å². The Labute approximate surface area is 87.1 Å². The highest BCUT2D eigenvalue weighted by atomic mass is 19.1. The lowest BCUT2D eigenvalue weighted by atomic mass is 10.1. The minimum Gasteiger partial charge on any atom is -0.308 e. The fourth-order valence-electron chi connectivity index (χ4n) is 1.95. The maximum Gasteiger partial charge on any atom is 0.115 e. The minimum absolute atomic E-state index is 0.103. The number of nitrogens with zero attached hydrogens (tertiary/aromatic N) is 2. The zero-order valence-corrected chi connectivity index (χ0v) is 10.1. The van der Waals surface area contributed by atoms with Gasteiger partial charge in [0.1, 0.15) is 5.67 Å². The van der Waals surface area contributed by atoms with E-state index in [1.165, 1.54) is 0 Å². The largest absolute Gasteiger partial charge is 0.308 e. The van der Waals surface area contributed by atoms with Gasteiger partial charge in [-0.3, -0.25) is 0 Å². The highest BCUT2D eigenvalue weighted by Crippen LogP contribution is 2.58. The molecule has 0 N–H and O–H groups in total. The first-order valence-corrected chi connectivity index (χ1v) is 5.29. The van der Waals surface area contributed by atoms with E-state index in [9.17, 15) is 4.39 Å². The molecule has 0 aromatic heterocycles. The molecule has 2 nitrogen and oxygen atoms in total. The lowest BCUT2D eigenvalue weighted by Gasteiger charge is -2.23. The Morgan fingerprint density at radius 1 is 1.14 bits per heavy atom. The second-order valence-corrected chi connectivity index (χ2v) is 5.48. The summed E-state index contributed by atoms with van der Waals surface area (Å²) in [6.07, 6.45) is 0.715. The average Bonchev–Trinajstić information content (AvgIpc) is 2.46. The van der Waals surface area contributed by atoms with Crippen LogP contribution in [0.1, 0.15) is 20.3 Å². The molecule has 0 spiro atoms.